The maximum absolute atomic E-state index is 12.1. The number of carboxylic acid groups (broad SMARTS) is 4. The smallest absolute Gasteiger partial charge is 0.475 e. The quantitative estimate of drug-likeness (QED) is 0.0157. The Labute approximate surface area is 461 Å². The van der Waals surface area contributed by atoms with Crippen molar-refractivity contribution in [2.75, 3.05) is 24.6 Å². The molecule has 2 heterocycles. The number of halogens is 12. The summed E-state index contributed by atoms with van der Waals surface area (Å²) in [6.07, 6.45) is 6.16. The number of rotatable bonds is 29. The van der Waals surface area contributed by atoms with Crippen molar-refractivity contribution in [2.24, 2.45) is 21.5 Å². The van der Waals surface area contributed by atoms with Crippen LogP contribution in [0.4, 0.5) is 62.9 Å². The van der Waals surface area contributed by atoms with E-state index in [2.05, 4.69) is 30.6 Å². The van der Waals surface area contributed by atoms with Crippen LogP contribution in [-0.2, 0) is 41.6 Å². The zero-order valence-corrected chi connectivity index (χ0v) is 45.7. The molecule has 0 bridgehead atoms. The van der Waals surface area contributed by atoms with Crippen LogP contribution in [0, 0.1) is 13.8 Å². The van der Waals surface area contributed by atoms with Gasteiger partial charge in [0.15, 0.2) is 22.2 Å². The molecular weight excluding hydrogens is 1140 g/mol. The van der Waals surface area contributed by atoms with Crippen LogP contribution in [0.3, 0.4) is 0 Å². The first kappa shape index (κ1) is 78.0. The number of carbonyl (C=O) groups is 6. The summed E-state index contributed by atoms with van der Waals surface area (Å²) in [5.41, 5.74) is 25.2. The van der Waals surface area contributed by atoms with E-state index in [9.17, 15) is 62.3 Å². The highest BCUT2D eigenvalue weighted by molar-refractivity contribution is 7.15. The first-order valence-corrected chi connectivity index (χ1v) is 26.4. The predicted octanol–water partition coefficient (Wildman–Crippen LogP) is 10.1. The van der Waals surface area contributed by atoms with Gasteiger partial charge in [-0.05, 0) is 52.4 Å². The molecule has 0 aliphatic heterocycles. The summed E-state index contributed by atoms with van der Waals surface area (Å²) in [4.78, 5) is 79.2. The van der Waals surface area contributed by atoms with Gasteiger partial charge in [-0.1, -0.05) is 103 Å². The monoisotopic (exact) mass is 1220 g/mol. The number of alkyl halides is 12. The number of aliphatic imine (C=N–C) groups is 2. The van der Waals surface area contributed by atoms with Gasteiger partial charge in [-0.2, -0.15) is 52.7 Å². The lowest BCUT2D eigenvalue weighted by atomic mass is 10.0. The van der Waals surface area contributed by atoms with Crippen LogP contribution < -0.4 is 33.6 Å². The second kappa shape index (κ2) is 42.6. The summed E-state index contributed by atoms with van der Waals surface area (Å²) < 4.78 is 127. The molecule has 2 rings (SSSR count). The van der Waals surface area contributed by atoms with Crippen LogP contribution >= 0.6 is 22.7 Å². The number of aromatic nitrogens is 2. The fourth-order valence-electron chi connectivity index (χ4n) is 6.13. The fourth-order valence-corrected chi connectivity index (χ4v) is 7.88. The minimum atomic E-state index is -5.08. The third-order valence-electron chi connectivity index (χ3n) is 10.1. The highest BCUT2D eigenvalue weighted by Crippen LogP contribution is 2.23. The van der Waals surface area contributed by atoms with Gasteiger partial charge in [0.25, 0.3) is 0 Å². The number of thiazole rings is 2. The Morgan fingerprint density at radius 3 is 0.800 bits per heavy atom. The van der Waals surface area contributed by atoms with Gasteiger partial charge >= 0.3 is 48.6 Å². The van der Waals surface area contributed by atoms with Crippen LogP contribution in [0.2, 0.25) is 0 Å². The molecule has 2 aromatic rings. The third kappa shape index (κ3) is 47.8. The van der Waals surface area contributed by atoms with E-state index in [-0.39, 0.29) is 23.7 Å². The minimum absolute atomic E-state index is 0.0488. The highest BCUT2D eigenvalue weighted by Gasteiger charge is 2.40. The molecule has 462 valence electrons. The molecular formula is C46H72F12N10O10S2. The number of nitrogens with one attached hydrogen (secondary N) is 2. The van der Waals surface area contributed by atoms with Crippen molar-refractivity contribution < 1.29 is 102 Å². The van der Waals surface area contributed by atoms with Crippen molar-refractivity contribution in [2.45, 2.75) is 193 Å². The molecule has 0 aliphatic rings. The average Bonchev–Trinajstić information content (AvgIpc) is 3.83. The largest absolute Gasteiger partial charge is 0.490 e. The second-order valence-electron chi connectivity index (χ2n) is 17.0. The second-order valence-corrected chi connectivity index (χ2v) is 19.3. The van der Waals surface area contributed by atoms with Crippen molar-refractivity contribution in [3.05, 3.63) is 21.1 Å². The van der Waals surface area contributed by atoms with Gasteiger partial charge in [-0.3, -0.25) is 30.2 Å². The summed E-state index contributed by atoms with van der Waals surface area (Å²) in [6, 6.07) is 0. The Hall–Kier alpha value is -6.22. The lowest BCUT2D eigenvalue weighted by molar-refractivity contribution is -0.193. The number of aryl methyl sites for hydroxylation is 4. The summed E-state index contributed by atoms with van der Waals surface area (Å²) in [5, 5.41) is 35.1. The van der Waals surface area contributed by atoms with Gasteiger partial charge in [0.1, 0.15) is 0 Å². The zero-order valence-electron chi connectivity index (χ0n) is 44.1. The Morgan fingerprint density at radius 1 is 0.425 bits per heavy atom. The number of hydrogen-bond donors (Lipinski definition) is 10. The molecule has 0 fully saturated rings. The normalized spacial score (nSPS) is 11.8. The van der Waals surface area contributed by atoms with Gasteiger partial charge in [0, 0.05) is 35.7 Å². The summed E-state index contributed by atoms with van der Waals surface area (Å²) >= 11 is 3.03. The van der Waals surface area contributed by atoms with Crippen LogP contribution in [0.15, 0.2) is 9.98 Å². The van der Waals surface area contributed by atoms with E-state index in [4.69, 9.17) is 62.5 Å². The summed E-state index contributed by atoms with van der Waals surface area (Å²) in [5.74, 6) is -10.7. The molecule has 2 aromatic heterocycles. The van der Waals surface area contributed by atoms with Crippen LogP contribution in [0.1, 0.15) is 162 Å². The SMILES string of the molecule is Cc1nc(N)sc1CCCN=C(N)NC(=O)CCCCCCCCCCCCCCCCCCCCC(=O)NC(N)=NCCCc1sc(N)nc1C.O=C(O)C(F)(F)F.O=C(O)C(F)(F)F.O=C(O)C(F)(F)F.O=C(O)C(F)(F)F. The Kier molecular flexibility index (Phi) is 41.6. The molecule has 0 unspecified atom stereocenters. The Morgan fingerprint density at radius 2 is 0.625 bits per heavy atom. The maximum Gasteiger partial charge on any atom is 0.490 e. The average molecular weight is 1220 g/mol. The molecule has 0 spiro atoms. The number of amides is 2. The number of hydrogen-bond acceptors (Lipinski definition) is 14. The number of aliphatic carboxylic acids is 4. The number of carbonyl (C=O) groups excluding carboxylic acids is 2. The van der Waals surface area contributed by atoms with Gasteiger partial charge < -0.3 is 43.4 Å². The molecule has 0 aromatic carbocycles. The van der Waals surface area contributed by atoms with Crippen molar-refractivity contribution in [3.63, 3.8) is 0 Å². The number of unbranched alkanes of at least 4 members (excludes halogenated alkanes) is 17. The van der Waals surface area contributed by atoms with E-state index < -0.39 is 48.6 Å². The number of anilines is 2. The van der Waals surface area contributed by atoms with Crippen molar-refractivity contribution >= 4 is 80.5 Å². The Balaban J connectivity index is -0.00000171. The van der Waals surface area contributed by atoms with E-state index in [0.717, 1.165) is 62.8 Å². The lowest BCUT2D eigenvalue weighted by Gasteiger charge is -2.06. The predicted molar refractivity (Wildman–Crippen MR) is 276 cm³/mol. The molecule has 0 atom stereocenters. The molecule has 34 heteroatoms. The molecule has 2 amide bonds. The van der Waals surface area contributed by atoms with Gasteiger partial charge in [0.2, 0.25) is 11.8 Å². The van der Waals surface area contributed by atoms with E-state index in [1.807, 2.05) is 13.8 Å². The van der Waals surface area contributed by atoms with E-state index in [0.29, 0.717) is 36.2 Å². The lowest BCUT2D eigenvalue weighted by Crippen LogP contribution is -2.36. The van der Waals surface area contributed by atoms with Crippen LogP contribution in [0.25, 0.3) is 0 Å². The Bertz CT molecular complexity index is 1980. The number of nitrogens with two attached hydrogens (primary N) is 4. The summed E-state index contributed by atoms with van der Waals surface area (Å²) in [6.45, 7) is 5.07. The van der Waals surface area contributed by atoms with Crippen molar-refractivity contribution in [1.82, 2.24) is 20.6 Å². The van der Waals surface area contributed by atoms with E-state index in [1.165, 1.54) is 122 Å². The first-order valence-electron chi connectivity index (χ1n) is 24.7. The minimum Gasteiger partial charge on any atom is -0.475 e. The number of nitrogen functional groups attached to an aromatic ring is 2. The van der Waals surface area contributed by atoms with E-state index >= 15 is 0 Å². The standard InChI is InChI=1S/C38H68N10O2S2.4C2HF3O2/c1-29-31(51-37(41)45-29)23-21-27-43-35(39)47-33(49)25-19-17-15-13-11-9-7-5-3-4-6-8-10-12-14-16-18-20-26-34(50)48-36(40)44-28-22-24-32-30(2)46-38(42)52-32;4*3-2(4,5)1(6)7/h3-28H2,1-2H3,(H2,41,45)(H2,42,46)(H3,39,43,47,49)(H3,40,44,48,50);4*(H,6,7). The molecule has 0 aliphatic carbocycles. The molecule has 0 saturated carbocycles. The third-order valence-corrected chi connectivity index (χ3v) is 12.2. The topological polar surface area (TPSA) is 362 Å². The first-order chi connectivity index (χ1) is 36.9. The van der Waals surface area contributed by atoms with Crippen LogP contribution in [0.5, 0.6) is 0 Å². The fraction of sp³-hybridized carbons (Fsp3) is 0.696. The molecule has 80 heavy (non-hydrogen) atoms. The number of carboxylic acids is 4. The highest BCUT2D eigenvalue weighted by atomic mass is 32.1. The molecule has 14 N–H and O–H groups in total. The van der Waals surface area contributed by atoms with Crippen LogP contribution in [-0.4, -0.2) is 116 Å². The maximum atomic E-state index is 12.1. The van der Waals surface area contributed by atoms with Gasteiger partial charge in [-0.15, -0.1) is 22.7 Å². The molecule has 0 saturated heterocycles. The van der Waals surface area contributed by atoms with Crippen molar-refractivity contribution in [3.8, 4) is 0 Å². The molecule has 20 nitrogen and oxygen atoms in total. The van der Waals surface area contributed by atoms with Gasteiger partial charge in [0.05, 0.1) is 11.4 Å². The van der Waals surface area contributed by atoms with Crippen molar-refractivity contribution in [1.29, 1.82) is 0 Å². The number of nitrogens with zero attached hydrogens (tertiary/aromatic N) is 4. The van der Waals surface area contributed by atoms with Gasteiger partial charge in [-0.25, -0.2) is 29.1 Å². The summed E-state index contributed by atoms with van der Waals surface area (Å²) in [7, 11) is 0. The zero-order chi connectivity index (χ0) is 62.1. The van der Waals surface area contributed by atoms with E-state index in [1.54, 1.807) is 0 Å². The molecule has 0 radical (unpaired) electrons. The number of guanidine groups is 2.